The number of hydrogen-bond donors (Lipinski definition) is 2. The van der Waals surface area contributed by atoms with Crippen molar-refractivity contribution in [3.8, 4) is 0 Å². The summed E-state index contributed by atoms with van der Waals surface area (Å²) < 4.78 is 28.3. The Bertz CT molecular complexity index is 776. The minimum absolute atomic E-state index is 0.0433. The SMILES string of the molecule is Cn1cc(S(=O)(=O)N2CCCCC2)cc1C(=O)NC(C(=O)O)C1CC1. The number of carbonyl (C=O) groups excluding carboxylic acids is 1. The van der Waals surface area contributed by atoms with E-state index in [2.05, 4.69) is 5.32 Å². The third-order valence-electron chi connectivity index (χ3n) is 4.81. The Morgan fingerprint density at radius 1 is 1.24 bits per heavy atom. The molecule has 1 atom stereocenters. The van der Waals surface area contributed by atoms with Crippen molar-refractivity contribution in [3.05, 3.63) is 18.0 Å². The molecule has 3 rings (SSSR count). The summed E-state index contributed by atoms with van der Waals surface area (Å²) in [5.41, 5.74) is 0.141. The number of aryl methyl sites for hydroxylation is 1. The zero-order valence-electron chi connectivity index (χ0n) is 14.1. The molecular formula is C16H23N3O5S. The van der Waals surface area contributed by atoms with Crippen molar-refractivity contribution in [2.75, 3.05) is 13.1 Å². The van der Waals surface area contributed by atoms with E-state index in [1.54, 1.807) is 7.05 Å². The maximum absolute atomic E-state index is 12.7. The van der Waals surface area contributed by atoms with Gasteiger partial charge < -0.3 is 15.0 Å². The Morgan fingerprint density at radius 3 is 2.44 bits per heavy atom. The van der Waals surface area contributed by atoms with E-state index in [1.807, 2.05) is 0 Å². The van der Waals surface area contributed by atoms with Crippen LogP contribution in [0.5, 0.6) is 0 Å². The molecule has 0 aromatic carbocycles. The van der Waals surface area contributed by atoms with Crippen molar-refractivity contribution in [2.24, 2.45) is 13.0 Å². The van der Waals surface area contributed by atoms with Gasteiger partial charge in [-0.15, -0.1) is 0 Å². The van der Waals surface area contributed by atoms with E-state index >= 15 is 0 Å². The maximum Gasteiger partial charge on any atom is 0.326 e. The minimum Gasteiger partial charge on any atom is -0.480 e. The summed E-state index contributed by atoms with van der Waals surface area (Å²) >= 11 is 0. The fraction of sp³-hybridized carbons (Fsp3) is 0.625. The first kappa shape index (κ1) is 17.9. The summed E-state index contributed by atoms with van der Waals surface area (Å²) in [6.45, 7) is 0.975. The number of aromatic nitrogens is 1. The molecule has 1 aromatic heterocycles. The van der Waals surface area contributed by atoms with Crippen molar-refractivity contribution in [1.82, 2.24) is 14.2 Å². The molecule has 1 aliphatic carbocycles. The quantitative estimate of drug-likeness (QED) is 0.771. The molecule has 2 heterocycles. The zero-order chi connectivity index (χ0) is 18.2. The highest BCUT2D eigenvalue weighted by Crippen LogP contribution is 2.33. The molecule has 1 unspecified atom stereocenters. The molecule has 2 aliphatic rings. The lowest BCUT2D eigenvalue weighted by molar-refractivity contribution is -0.139. The van der Waals surface area contributed by atoms with Crippen LogP contribution in [-0.2, 0) is 21.9 Å². The van der Waals surface area contributed by atoms with Gasteiger partial charge in [0.05, 0.1) is 0 Å². The number of carbonyl (C=O) groups is 2. The molecule has 138 valence electrons. The van der Waals surface area contributed by atoms with Gasteiger partial charge in [-0.25, -0.2) is 13.2 Å². The molecule has 9 heteroatoms. The van der Waals surface area contributed by atoms with Crippen molar-refractivity contribution < 1.29 is 23.1 Å². The Morgan fingerprint density at radius 2 is 1.88 bits per heavy atom. The highest BCUT2D eigenvalue weighted by Gasteiger charge is 2.38. The van der Waals surface area contributed by atoms with Gasteiger partial charge in [0.1, 0.15) is 16.6 Å². The number of hydrogen-bond acceptors (Lipinski definition) is 4. The van der Waals surface area contributed by atoms with Crippen LogP contribution in [0.4, 0.5) is 0 Å². The van der Waals surface area contributed by atoms with Gasteiger partial charge in [-0.3, -0.25) is 4.79 Å². The van der Waals surface area contributed by atoms with Crippen LogP contribution < -0.4 is 5.32 Å². The number of nitrogens with zero attached hydrogens (tertiary/aromatic N) is 2. The predicted octanol–water partition coefficient (Wildman–Crippen LogP) is 0.793. The van der Waals surface area contributed by atoms with Crippen LogP contribution in [0.25, 0.3) is 0 Å². The van der Waals surface area contributed by atoms with Gasteiger partial charge in [-0.1, -0.05) is 6.42 Å². The van der Waals surface area contributed by atoms with Crippen LogP contribution in [0.2, 0.25) is 0 Å². The number of aliphatic carboxylic acids is 1. The summed E-state index contributed by atoms with van der Waals surface area (Å²) in [6.07, 6.45) is 5.65. The lowest BCUT2D eigenvalue weighted by Crippen LogP contribution is -2.42. The molecule has 0 bridgehead atoms. The first-order chi connectivity index (χ1) is 11.8. The summed E-state index contributed by atoms with van der Waals surface area (Å²) in [6, 6.07) is 0.398. The number of carboxylic acids is 1. The molecule has 1 amide bonds. The molecule has 1 aromatic rings. The van der Waals surface area contributed by atoms with Gasteiger partial charge in [-0.2, -0.15) is 4.31 Å². The largest absolute Gasteiger partial charge is 0.480 e. The highest BCUT2D eigenvalue weighted by atomic mass is 32.2. The smallest absolute Gasteiger partial charge is 0.326 e. The normalized spacial score (nSPS) is 20.2. The molecule has 2 fully saturated rings. The third kappa shape index (κ3) is 3.72. The lowest BCUT2D eigenvalue weighted by Gasteiger charge is -2.25. The first-order valence-electron chi connectivity index (χ1n) is 8.51. The number of nitrogens with one attached hydrogen (secondary N) is 1. The molecular weight excluding hydrogens is 346 g/mol. The second-order valence-electron chi connectivity index (χ2n) is 6.76. The topological polar surface area (TPSA) is 109 Å². The van der Waals surface area contributed by atoms with Crippen molar-refractivity contribution in [3.63, 3.8) is 0 Å². The number of sulfonamides is 1. The number of rotatable bonds is 6. The molecule has 8 nitrogen and oxygen atoms in total. The fourth-order valence-corrected chi connectivity index (χ4v) is 4.77. The first-order valence-corrected chi connectivity index (χ1v) is 9.95. The number of carboxylic acid groups (broad SMARTS) is 1. The molecule has 0 spiro atoms. The van der Waals surface area contributed by atoms with Crippen molar-refractivity contribution in [2.45, 2.75) is 43.0 Å². The summed E-state index contributed by atoms with van der Waals surface area (Å²) in [4.78, 5) is 23.8. The van der Waals surface area contributed by atoms with E-state index in [9.17, 15) is 23.1 Å². The zero-order valence-corrected chi connectivity index (χ0v) is 15.0. The lowest BCUT2D eigenvalue weighted by atomic mass is 10.2. The van der Waals surface area contributed by atoms with Crippen LogP contribution in [0.3, 0.4) is 0 Å². The standard InChI is InChI=1S/C16H23N3O5S/c1-18-10-12(25(23,24)19-7-3-2-4-8-19)9-13(18)15(20)17-14(16(21)22)11-5-6-11/h9-11,14H,2-8H2,1H3,(H,17,20)(H,21,22). The molecule has 1 aliphatic heterocycles. The minimum atomic E-state index is -3.63. The number of piperidine rings is 1. The van der Waals surface area contributed by atoms with Crippen LogP contribution in [0.1, 0.15) is 42.6 Å². The highest BCUT2D eigenvalue weighted by molar-refractivity contribution is 7.89. The van der Waals surface area contributed by atoms with Gasteiger partial charge >= 0.3 is 5.97 Å². The molecule has 25 heavy (non-hydrogen) atoms. The Kier molecular flexibility index (Phi) is 4.88. The van der Waals surface area contributed by atoms with E-state index in [1.165, 1.54) is 21.1 Å². The third-order valence-corrected chi connectivity index (χ3v) is 6.68. The fourth-order valence-electron chi connectivity index (χ4n) is 3.18. The van der Waals surface area contributed by atoms with Crippen LogP contribution in [0, 0.1) is 5.92 Å². The van der Waals surface area contributed by atoms with E-state index in [4.69, 9.17) is 0 Å². The van der Waals surface area contributed by atoms with Gasteiger partial charge in [0.25, 0.3) is 5.91 Å². The second kappa shape index (κ2) is 6.80. The predicted molar refractivity (Wildman–Crippen MR) is 89.6 cm³/mol. The van der Waals surface area contributed by atoms with E-state index in [0.29, 0.717) is 13.1 Å². The van der Waals surface area contributed by atoms with E-state index < -0.39 is 27.9 Å². The van der Waals surface area contributed by atoms with Gasteiger partial charge in [0.2, 0.25) is 10.0 Å². The summed E-state index contributed by atoms with van der Waals surface area (Å²) in [7, 11) is -2.05. The average molecular weight is 369 g/mol. The number of amides is 1. The molecule has 1 saturated carbocycles. The van der Waals surface area contributed by atoms with Crippen LogP contribution in [-0.4, -0.2) is 53.4 Å². The van der Waals surface area contributed by atoms with Crippen LogP contribution >= 0.6 is 0 Å². The Hall–Kier alpha value is -1.87. The monoisotopic (exact) mass is 369 g/mol. The van der Waals surface area contributed by atoms with E-state index in [-0.39, 0.29) is 16.5 Å². The Balaban J connectivity index is 1.79. The van der Waals surface area contributed by atoms with Gasteiger partial charge in [0, 0.05) is 26.3 Å². The Labute approximate surface area is 146 Å². The molecule has 0 radical (unpaired) electrons. The molecule has 2 N–H and O–H groups in total. The van der Waals surface area contributed by atoms with Crippen molar-refractivity contribution >= 4 is 21.9 Å². The second-order valence-corrected chi connectivity index (χ2v) is 8.70. The van der Waals surface area contributed by atoms with Crippen LogP contribution in [0.15, 0.2) is 17.2 Å². The van der Waals surface area contributed by atoms with E-state index in [0.717, 1.165) is 32.1 Å². The molecule has 1 saturated heterocycles. The van der Waals surface area contributed by atoms with Crippen molar-refractivity contribution in [1.29, 1.82) is 0 Å². The van der Waals surface area contributed by atoms with Gasteiger partial charge in [0.15, 0.2) is 0 Å². The van der Waals surface area contributed by atoms with Gasteiger partial charge in [-0.05, 0) is 37.7 Å². The summed E-state index contributed by atoms with van der Waals surface area (Å²) in [5.74, 6) is -1.67. The average Bonchev–Trinajstić information content (AvgIpc) is 3.34. The maximum atomic E-state index is 12.7. The summed E-state index contributed by atoms with van der Waals surface area (Å²) in [5, 5.41) is 11.7.